The molecule has 0 bridgehead atoms. The monoisotopic (exact) mass is 343 g/mol. The van der Waals surface area contributed by atoms with Crippen molar-refractivity contribution < 1.29 is 14.7 Å². The Hall–Kier alpha value is -1.33. The third kappa shape index (κ3) is 2.67. The normalized spacial score (nSPS) is 18.7. The van der Waals surface area contributed by atoms with E-state index in [0.717, 1.165) is 0 Å². The Labute approximate surface area is 123 Å². The van der Waals surface area contributed by atoms with Crippen molar-refractivity contribution in [1.29, 1.82) is 0 Å². The topological polar surface area (TPSA) is 57.6 Å². The van der Waals surface area contributed by atoms with Gasteiger partial charge in [-0.3, -0.25) is 4.79 Å². The Bertz CT molecular complexity index is 573. The van der Waals surface area contributed by atoms with Crippen LogP contribution in [0.3, 0.4) is 0 Å². The molecule has 2 rings (SSSR count). The van der Waals surface area contributed by atoms with Gasteiger partial charge >= 0.3 is 5.97 Å². The lowest BCUT2D eigenvalue weighted by molar-refractivity contribution is -0.117. The number of hydrogen-bond acceptors (Lipinski definition) is 2. The molecule has 1 aliphatic rings. The quantitative estimate of drug-likeness (QED) is 0.856. The highest BCUT2D eigenvalue weighted by Gasteiger charge is 2.31. The van der Waals surface area contributed by atoms with Crippen LogP contribution in [0, 0.1) is 5.92 Å². The zero-order valence-corrected chi connectivity index (χ0v) is 12.2. The molecule has 0 aromatic heterocycles. The van der Waals surface area contributed by atoms with Gasteiger partial charge in [-0.1, -0.05) is 17.7 Å². The van der Waals surface area contributed by atoms with Crippen molar-refractivity contribution in [3.63, 3.8) is 0 Å². The van der Waals surface area contributed by atoms with Crippen LogP contribution in [0.2, 0.25) is 5.02 Å². The summed E-state index contributed by atoms with van der Waals surface area (Å²) in [4.78, 5) is 24.7. The number of amides is 1. The van der Waals surface area contributed by atoms with Crippen molar-refractivity contribution in [1.82, 2.24) is 0 Å². The van der Waals surface area contributed by atoms with Crippen molar-refractivity contribution in [2.24, 2.45) is 5.92 Å². The van der Waals surface area contributed by atoms with Crippen LogP contribution in [-0.4, -0.2) is 23.5 Å². The van der Waals surface area contributed by atoms with E-state index in [9.17, 15) is 14.7 Å². The second-order valence-electron chi connectivity index (χ2n) is 4.29. The van der Waals surface area contributed by atoms with E-state index in [1.807, 2.05) is 0 Å². The number of carboxylic acid groups (broad SMARTS) is 1. The molecule has 1 aliphatic heterocycles. The first-order valence-corrected chi connectivity index (χ1v) is 6.76. The van der Waals surface area contributed by atoms with Gasteiger partial charge in [0.05, 0.1) is 16.3 Å². The summed E-state index contributed by atoms with van der Waals surface area (Å²) in [6, 6.07) is 2.91. The number of carbonyl (C=O) groups is 2. The lowest BCUT2D eigenvalue weighted by Crippen LogP contribution is -2.26. The largest absolute Gasteiger partial charge is 0.478 e. The van der Waals surface area contributed by atoms with Crippen LogP contribution < -0.4 is 4.90 Å². The Morgan fingerprint density at radius 2 is 2.26 bits per heavy atom. The molecule has 0 aliphatic carbocycles. The molecule has 1 atom stereocenters. The van der Waals surface area contributed by atoms with E-state index in [1.54, 1.807) is 6.08 Å². The molecule has 0 spiro atoms. The SMILES string of the molecule is C=CC1CC(=O)N(c2cc(Cl)c(Br)cc2C(=O)O)C1. The third-order valence-corrected chi connectivity index (χ3v) is 4.25. The molecule has 4 nitrogen and oxygen atoms in total. The second-order valence-corrected chi connectivity index (χ2v) is 5.55. The van der Waals surface area contributed by atoms with E-state index in [-0.39, 0.29) is 17.4 Å². The minimum Gasteiger partial charge on any atom is -0.478 e. The van der Waals surface area contributed by atoms with E-state index >= 15 is 0 Å². The van der Waals surface area contributed by atoms with Crippen molar-refractivity contribution in [3.05, 3.63) is 39.8 Å². The first-order valence-electron chi connectivity index (χ1n) is 5.59. The minimum atomic E-state index is -1.10. The zero-order chi connectivity index (χ0) is 14.2. The van der Waals surface area contributed by atoms with Gasteiger partial charge in [-0.2, -0.15) is 0 Å². The molecule has 1 N–H and O–H groups in total. The van der Waals surface area contributed by atoms with Crippen LogP contribution in [0.15, 0.2) is 29.3 Å². The Balaban J connectivity index is 2.50. The lowest BCUT2D eigenvalue weighted by atomic mass is 10.1. The van der Waals surface area contributed by atoms with Gasteiger partial charge in [0.15, 0.2) is 0 Å². The number of benzene rings is 1. The maximum Gasteiger partial charge on any atom is 0.337 e. The minimum absolute atomic E-state index is 0.0385. The molecule has 0 saturated carbocycles. The van der Waals surface area contributed by atoms with Crippen LogP contribution in [0.5, 0.6) is 0 Å². The molecule has 1 aromatic carbocycles. The molecule has 19 heavy (non-hydrogen) atoms. The molecule has 1 unspecified atom stereocenters. The number of halogens is 2. The predicted octanol–water partition coefficient (Wildman–Crippen LogP) is 3.34. The van der Waals surface area contributed by atoms with Gasteiger partial charge < -0.3 is 10.0 Å². The highest BCUT2D eigenvalue weighted by molar-refractivity contribution is 9.10. The number of carboxylic acids is 1. The van der Waals surface area contributed by atoms with Crippen molar-refractivity contribution >= 4 is 45.1 Å². The smallest absolute Gasteiger partial charge is 0.337 e. The van der Waals surface area contributed by atoms with E-state index in [4.69, 9.17) is 11.6 Å². The summed E-state index contributed by atoms with van der Waals surface area (Å²) in [5.74, 6) is -1.18. The van der Waals surface area contributed by atoms with Gasteiger partial charge in [0, 0.05) is 23.4 Å². The molecule has 6 heteroatoms. The number of hydrogen-bond donors (Lipinski definition) is 1. The maximum absolute atomic E-state index is 11.9. The number of carbonyl (C=O) groups excluding carboxylic acids is 1. The Morgan fingerprint density at radius 3 is 2.79 bits per heavy atom. The maximum atomic E-state index is 11.9. The standard InChI is InChI=1S/C13H11BrClNO3/c1-2-7-3-12(17)16(6-7)11-5-10(15)9(14)4-8(11)13(18)19/h2,4-5,7H,1,3,6H2,(H,18,19). The fraction of sp³-hybridized carbons (Fsp3) is 0.231. The fourth-order valence-corrected chi connectivity index (χ4v) is 2.56. The average Bonchev–Trinajstić information content (AvgIpc) is 2.73. The summed E-state index contributed by atoms with van der Waals surface area (Å²) in [7, 11) is 0. The number of nitrogens with zero attached hydrogens (tertiary/aromatic N) is 1. The highest BCUT2D eigenvalue weighted by Crippen LogP contribution is 2.34. The molecule has 1 heterocycles. The van der Waals surface area contributed by atoms with Gasteiger partial charge in [-0.05, 0) is 28.1 Å². The lowest BCUT2D eigenvalue weighted by Gasteiger charge is -2.19. The number of aromatic carboxylic acids is 1. The summed E-state index contributed by atoms with van der Waals surface area (Å²) in [5, 5.41) is 9.60. The van der Waals surface area contributed by atoms with E-state index in [2.05, 4.69) is 22.5 Å². The molecule has 1 fully saturated rings. The third-order valence-electron chi connectivity index (χ3n) is 3.05. The molecule has 1 amide bonds. The summed E-state index contributed by atoms with van der Waals surface area (Å²) in [5.41, 5.74) is 0.379. The number of anilines is 1. The van der Waals surface area contributed by atoms with Crippen molar-refractivity contribution in [2.75, 3.05) is 11.4 Å². The molecule has 1 aromatic rings. The van der Waals surface area contributed by atoms with Crippen LogP contribution in [0.25, 0.3) is 0 Å². The Morgan fingerprint density at radius 1 is 1.58 bits per heavy atom. The first kappa shape index (κ1) is 14.1. The van der Waals surface area contributed by atoms with Gasteiger partial charge in [0.2, 0.25) is 5.91 Å². The molecule has 0 radical (unpaired) electrons. The van der Waals surface area contributed by atoms with E-state index in [1.165, 1.54) is 17.0 Å². The summed E-state index contributed by atoms with van der Waals surface area (Å²) in [6.07, 6.45) is 2.05. The van der Waals surface area contributed by atoms with Gasteiger partial charge in [-0.15, -0.1) is 6.58 Å². The average molecular weight is 345 g/mol. The molecule has 1 saturated heterocycles. The van der Waals surface area contributed by atoms with Crippen LogP contribution >= 0.6 is 27.5 Å². The van der Waals surface area contributed by atoms with Gasteiger partial charge in [-0.25, -0.2) is 4.79 Å². The van der Waals surface area contributed by atoms with Crippen molar-refractivity contribution in [3.8, 4) is 0 Å². The summed E-state index contributed by atoms with van der Waals surface area (Å²) >= 11 is 9.17. The van der Waals surface area contributed by atoms with E-state index in [0.29, 0.717) is 28.1 Å². The van der Waals surface area contributed by atoms with Crippen LogP contribution in [0.1, 0.15) is 16.8 Å². The molecular formula is C13H11BrClNO3. The predicted molar refractivity (Wildman–Crippen MR) is 76.8 cm³/mol. The Kier molecular flexibility index (Phi) is 3.96. The van der Waals surface area contributed by atoms with Crippen molar-refractivity contribution in [2.45, 2.75) is 6.42 Å². The zero-order valence-electron chi connectivity index (χ0n) is 9.90. The summed E-state index contributed by atoms with van der Waals surface area (Å²) < 4.78 is 0.488. The van der Waals surface area contributed by atoms with Crippen LogP contribution in [-0.2, 0) is 4.79 Å². The van der Waals surface area contributed by atoms with Gasteiger partial charge in [0.1, 0.15) is 0 Å². The summed E-state index contributed by atoms with van der Waals surface area (Å²) in [6.45, 7) is 4.10. The van der Waals surface area contributed by atoms with Gasteiger partial charge in [0.25, 0.3) is 0 Å². The van der Waals surface area contributed by atoms with E-state index < -0.39 is 5.97 Å². The highest BCUT2D eigenvalue weighted by atomic mass is 79.9. The first-order chi connectivity index (χ1) is 8.93. The number of rotatable bonds is 3. The molecule has 100 valence electrons. The molecular weight excluding hydrogens is 334 g/mol. The van der Waals surface area contributed by atoms with Crippen LogP contribution in [0.4, 0.5) is 5.69 Å². The fourth-order valence-electron chi connectivity index (χ4n) is 2.06. The second kappa shape index (κ2) is 5.35.